The van der Waals surface area contributed by atoms with Gasteiger partial charge >= 0.3 is 12.2 Å². The molecule has 10 bridgehead atoms. The van der Waals surface area contributed by atoms with Crippen molar-refractivity contribution in [3.63, 3.8) is 0 Å². The number of hydrogen-bond donors (Lipinski definition) is 0. The van der Waals surface area contributed by atoms with Crippen molar-refractivity contribution in [1.29, 1.82) is 0 Å². The van der Waals surface area contributed by atoms with Crippen LogP contribution >= 0.6 is 0 Å². The van der Waals surface area contributed by atoms with E-state index in [1.54, 1.807) is 0 Å². The molecule has 4 spiro atoms. The molecule has 2 amide bonds. The van der Waals surface area contributed by atoms with Gasteiger partial charge in [-0.2, -0.15) is 0 Å². The lowest BCUT2D eigenvalue weighted by Crippen LogP contribution is -2.65. The van der Waals surface area contributed by atoms with Gasteiger partial charge in [0, 0.05) is 98.9 Å². The van der Waals surface area contributed by atoms with Crippen LogP contribution in [0.2, 0.25) is 0 Å². The highest BCUT2D eigenvalue weighted by atomic mass is 16.5. The molecule has 10 saturated carbocycles. The van der Waals surface area contributed by atoms with Crippen LogP contribution in [0.5, 0.6) is 0 Å². The molecule has 10 heteroatoms. The fourth-order valence-corrected chi connectivity index (χ4v) is 21.4. The van der Waals surface area contributed by atoms with Gasteiger partial charge in [0.25, 0.3) is 0 Å². The average Bonchev–Trinajstić information content (AvgIpc) is 3.50. The summed E-state index contributed by atoms with van der Waals surface area (Å²) in [6.45, 7) is 1.76. The van der Waals surface area contributed by atoms with Crippen molar-refractivity contribution in [2.75, 3.05) is 55.7 Å². The SMILES string of the molecule is COC(=O)N1C[C@@H]2CC[C@H](OC)[C@@]34[C@@H]2C[C@@H]([C@@H]13)[C@]12[C@@H]3C=C[C@H](C[C@@H]41)[C@@]32OC.COC(=O)N1C[C@H]2CC[C@@H](OC)[C@@]34[C@@H]1[C@@H](C[C@@H]23)[C@]12[C@@H]4C[C@@H]3C=C[C@H]1[C@@]32OC. The first-order valence-electron chi connectivity index (χ1n) is 21.5. The van der Waals surface area contributed by atoms with Crippen LogP contribution in [0.4, 0.5) is 9.59 Å². The third kappa shape index (κ3) is 2.70. The molecule has 2 heterocycles. The Bertz CT molecular complexity index is 1690. The number of nitrogens with zero attached hydrogens (tertiary/aromatic N) is 2. The smallest absolute Gasteiger partial charge is 0.409 e. The van der Waals surface area contributed by atoms with E-state index in [-0.39, 0.29) is 69.3 Å². The summed E-state index contributed by atoms with van der Waals surface area (Å²) in [5, 5.41) is 0. The number of likely N-dealkylation sites (tertiary alicyclic amines) is 2. The summed E-state index contributed by atoms with van der Waals surface area (Å²) in [6, 6.07) is 0.543. The summed E-state index contributed by atoms with van der Waals surface area (Å²) in [7, 11) is 10.7. The number of amides is 2. The van der Waals surface area contributed by atoms with Gasteiger partial charge in [-0.15, -0.1) is 0 Å². The highest BCUT2D eigenvalue weighted by Crippen LogP contribution is 2.96. The predicted molar refractivity (Wildman–Crippen MR) is 194 cm³/mol. The van der Waals surface area contributed by atoms with Crippen LogP contribution in [0.15, 0.2) is 24.3 Å². The van der Waals surface area contributed by atoms with E-state index in [9.17, 15) is 9.59 Å². The molecule has 10 nitrogen and oxygen atoms in total. The molecule has 0 N–H and O–H groups in total. The molecule has 14 aliphatic rings. The highest BCUT2D eigenvalue weighted by molar-refractivity contribution is 5.70. The lowest BCUT2D eigenvalue weighted by atomic mass is 9.51. The van der Waals surface area contributed by atoms with Gasteiger partial charge in [-0.25, -0.2) is 9.59 Å². The Morgan fingerprint density at radius 3 is 1.33 bits per heavy atom. The quantitative estimate of drug-likeness (QED) is 0.353. The zero-order chi connectivity index (χ0) is 36.7. The number of hydrogen-bond acceptors (Lipinski definition) is 8. The van der Waals surface area contributed by atoms with E-state index in [1.165, 1.54) is 52.7 Å². The molecular weight excluding hydrogens is 684 g/mol. The Balaban J connectivity index is 0.000000115. The third-order valence-electron chi connectivity index (χ3n) is 21.4. The van der Waals surface area contributed by atoms with Gasteiger partial charge in [0.2, 0.25) is 0 Å². The van der Waals surface area contributed by atoms with E-state index in [1.807, 2.05) is 28.4 Å². The molecule has 14 rings (SSSR count). The van der Waals surface area contributed by atoms with Crippen molar-refractivity contribution in [3.05, 3.63) is 24.3 Å². The van der Waals surface area contributed by atoms with E-state index in [0.717, 1.165) is 25.9 Å². The van der Waals surface area contributed by atoms with Gasteiger partial charge in [-0.05, 0) is 98.7 Å². The van der Waals surface area contributed by atoms with Crippen LogP contribution in [-0.2, 0) is 28.4 Å². The Morgan fingerprint density at radius 1 is 0.556 bits per heavy atom. The molecule has 0 aromatic rings. The number of rotatable bonds is 4. The number of carbonyl (C=O) groups is 2. The van der Waals surface area contributed by atoms with Crippen molar-refractivity contribution in [3.8, 4) is 0 Å². The van der Waals surface area contributed by atoms with Crippen LogP contribution in [-0.4, -0.2) is 113 Å². The Kier molecular flexibility index (Phi) is 5.94. The minimum Gasteiger partial charge on any atom is -0.453 e. The maximum absolute atomic E-state index is 12.9. The monoisotopic (exact) mass is 742 g/mol. The minimum atomic E-state index is -0.128. The maximum atomic E-state index is 12.9. The lowest BCUT2D eigenvalue weighted by Gasteiger charge is -2.59. The van der Waals surface area contributed by atoms with Crippen LogP contribution in [0.1, 0.15) is 51.4 Å². The summed E-state index contributed by atoms with van der Waals surface area (Å²) < 4.78 is 35.7. The first-order chi connectivity index (χ1) is 26.3. The van der Waals surface area contributed by atoms with Crippen molar-refractivity contribution < 1.29 is 38.0 Å². The van der Waals surface area contributed by atoms with Gasteiger partial charge in [0.1, 0.15) is 0 Å². The lowest BCUT2D eigenvalue weighted by molar-refractivity contribution is -0.170. The van der Waals surface area contributed by atoms with E-state index in [4.69, 9.17) is 28.4 Å². The first-order valence-corrected chi connectivity index (χ1v) is 21.5. The third-order valence-corrected chi connectivity index (χ3v) is 21.4. The van der Waals surface area contributed by atoms with Crippen LogP contribution in [0, 0.1) is 92.7 Å². The fraction of sp³-hybridized carbons (Fsp3) is 0.864. The molecule has 2 saturated heterocycles. The predicted octanol–water partition coefficient (Wildman–Crippen LogP) is 5.41. The standard InChI is InChI=1S/2C22H29NO4/c2*1-25-17-7-4-11-10-23(19(24)26-2)18-14-9-13(11)20(17,18)16-8-12-5-6-15-21(14,16)22(12,15)27-3/h2*5-6,11-18H,4,7-10H2,1-3H3/t2*11-,12+,13+,14-,15-,16-,17-,18+,20-,21-,22+/m10/s1. The Labute approximate surface area is 319 Å². The maximum Gasteiger partial charge on any atom is 0.409 e. The van der Waals surface area contributed by atoms with Crippen LogP contribution < -0.4 is 0 Å². The van der Waals surface area contributed by atoms with E-state index in [2.05, 4.69) is 34.1 Å². The van der Waals surface area contributed by atoms with Gasteiger partial charge in [0.15, 0.2) is 0 Å². The van der Waals surface area contributed by atoms with E-state index >= 15 is 0 Å². The van der Waals surface area contributed by atoms with E-state index < -0.39 is 0 Å². The van der Waals surface area contributed by atoms with E-state index in [0.29, 0.717) is 71.0 Å². The second kappa shape index (κ2) is 9.75. The Morgan fingerprint density at radius 2 is 0.981 bits per heavy atom. The highest BCUT2D eigenvalue weighted by Gasteiger charge is 3.00. The van der Waals surface area contributed by atoms with Crippen molar-refractivity contribution in [1.82, 2.24) is 9.80 Å². The molecule has 12 fully saturated rings. The molecule has 0 aromatic carbocycles. The zero-order valence-corrected chi connectivity index (χ0v) is 32.8. The summed E-state index contributed by atoms with van der Waals surface area (Å²) in [5.74, 6) is 7.12. The summed E-state index contributed by atoms with van der Waals surface area (Å²) in [5.41, 5.74) is 0.691. The van der Waals surface area contributed by atoms with Gasteiger partial charge in [0.05, 0.1) is 37.6 Å². The number of ether oxygens (including phenoxy) is 6. The zero-order valence-electron chi connectivity index (χ0n) is 32.8. The van der Waals surface area contributed by atoms with Crippen LogP contribution in [0.3, 0.4) is 0 Å². The molecule has 22 atom stereocenters. The molecule has 0 radical (unpaired) electrons. The topological polar surface area (TPSA) is 96.0 Å². The second-order valence-electron chi connectivity index (χ2n) is 20.5. The first kappa shape index (κ1) is 32.9. The molecular formula is C44H58N2O8. The molecule has 0 aromatic heterocycles. The number of piperidine rings is 2. The Hall–Kier alpha value is -2.14. The van der Waals surface area contributed by atoms with Crippen molar-refractivity contribution in [2.45, 2.75) is 86.9 Å². The number of carbonyl (C=O) groups excluding carboxylic acids is 2. The minimum absolute atomic E-state index is 0.00637. The largest absolute Gasteiger partial charge is 0.453 e. The molecule has 292 valence electrons. The van der Waals surface area contributed by atoms with Gasteiger partial charge in [-0.3, -0.25) is 0 Å². The molecule has 0 unspecified atom stereocenters. The summed E-state index contributed by atoms with van der Waals surface area (Å²) in [6.07, 6.45) is 19.6. The van der Waals surface area contributed by atoms with Crippen molar-refractivity contribution in [2.24, 2.45) is 92.7 Å². The summed E-state index contributed by atoms with van der Waals surface area (Å²) >= 11 is 0. The van der Waals surface area contributed by atoms with Crippen molar-refractivity contribution >= 4 is 12.2 Å². The molecule has 54 heavy (non-hydrogen) atoms. The normalized spacial score (nSPS) is 62.6. The summed E-state index contributed by atoms with van der Waals surface area (Å²) in [4.78, 5) is 30.0. The van der Waals surface area contributed by atoms with Gasteiger partial charge in [-0.1, -0.05) is 24.3 Å². The second-order valence-corrected chi connectivity index (χ2v) is 20.5. The number of methoxy groups -OCH3 is 6. The van der Waals surface area contributed by atoms with Crippen LogP contribution in [0.25, 0.3) is 0 Å². The average molecular weight is 743 g/mol. The fourth-order valence-electron chi connectivity index (χ4n) is 21.4. The molecule has 12 aliphatic carbocycles. The van der Waals surface area contributed by atoms with Gasteiger partial charge < -0.3 is 38.2 Å². The molecule has 2 aliphatic heterocycles.